The highest BCUT2D eigenvalue weighted by Gasteiger charge is 2.12. The molecule has 0 bridgehead atoms. The molecule has 122 valence electrons. The summed E-state index contributed by atoms with van der Waals surface area (Å²) in [6.07, 6.45) is 7.28. The zero-order valence-corrected chi connectivity index (χ0v) is 13.9. The smallest absolute Gasteiger partial charge is 0.192 e. The van der Waals surface area contributed by atoms with Crippen LogP contribution in [0.2, 0.25) is 0 Å². The molecule has 1 rings (SSSR count). The van der Waals surface area contributed by atoms with Gasteiger partial charge in [-0.2, -0.15) is 0 Å². The second-order valence-corrected chi connectivity index (χ2v) is 6.52. The van der Waals surface area contributed by atoms with Crippen LogP contribution in [0.25, 0.3) is 0 Å². The van der Waals surface area contributed by atoms with E-state index in [9.17, 15) is 9.90 Å². The zero-order chi connectivity index (χ0) is 16.4. The number of hydrogen-bond donors (Lipinski definition) is 1. The van der Waals surface area contributed by atoms with Gasteiger partial charge in [0.15, 0.2) is 12.4 Å². The standard InChI is InChI=1S/C19H28O3/c1-16(10-8-14-19(2,3)21)9-7-11-17(20)15-22-18-12-5-4-6-13-18/h4-7,11-13,16,21H,8-10,14-15H2,1-3H3/b11-7+/t16-/m0/s1. The number of para-hydroxylation sites is 1. The topological polar surface area (TPSA) is 46.5 Å². The number of rotatable bonds is 10. The van der Waals surface area contributed by atoms with E-state index >= 15 is 0 Å². The van der Waals surface area contributed by atoms with Crippen LogP contribution < -0.4 is 4.74 Å². The van der Waals surface area contributed by atoms with Crippen molar-refractivity contribution >= 4 is 5.78 Å². The highest BCUT2D eigenvalue weighted by atomic mass is 16.5. The molecule has 0 aliphatic carbocycles. The van der Waals surface area contributed by atoms with Crippen LogP contribution in [0, 0.1) is 5.92 Å². The minimum Gasteiger partial charge on any atom is -0.485 e. The highest BCUT2D eigenvalue weighted by molar-refractivity contribution is 5.90. The quantitative estimate of drug-likeness (QED) is 0.660. The maximum atomic E-state index is 11.7. The summed E-state index contributed by atoms with van der Waals surface area (Å²) < 4.78 is 5.40. The van der Waals surface area contributed by atoms with E-state index in [1.54, 1.807) is 6.08 Å². The van der Waals surface area contributed by atoms with Gasteiger partial charge < -0.3 is 9.84 Å². The average molecular weight is 304 g/mol. The molecule has 0 radical (unpaired) electrons. The van der Waals surface area contributed by atoms with Gasteiger partial charge in [-0.25, -0.2) is 0 Å². The lowest BCUT2D eigenvalue weighted by molar-refractivity contribution is -0.116. The third-order valence-corrected chi connectivity index (χ3v) is 3.45. The van der Waals surface area contributed by atoms with Crippen LogP contribution in [0.1, 0.15) is 46.5 Å². The van der Waals surface area contributed by atoms with Crippen molar-refractivity contribution in [2.45, 2.75) is 52.1 Å². The molecular weight excluding hydrogens is 276 g/mol. The van der Waals surface area contributed by atoms with Crippen molar-refractivity contribution in [3.8, 4) is 5.75 Å². The number of carbonyl (C=O) groups excluding carboxylic acids is 1. The molecule has 0 spiro atoms. The number of benzene rings is 1. The van der Waals surface area contributed by atoms with Crippen LogP contribution >= 0.6 is 0 Å². The Morgan fingerprint density at radius 1 is 1.32 bits per heavy atom. The van der Waals surface area contributed by atoms with Crippen LogP contribution in [-0.2, 0) is 4.79 Å². The summed E-state index contributed by atoms with van der Waals surface area (Å²) in [5.41, 5.74) is -0.583. The number of ketones is 1. The Morgan fingerprint density at radius 2 is 2.00 bits per heavy atom. The number of aliphatic hydroxyl groups is 1. The van der Waals surface area contributed by atoms with Gasteiger partial charge in [0, 0.05) is 0 Å². The van der Waals surface area contributed by atoms with Gasteiger partial charge in [-0.05, 0) is 50.8 Å². The Labute approximate surface area is 134 Å². The Balaban J connectivity index is 2.17. The Kier molecular flexibility index (Phi) is 7.89. The lowest BCUT2D eigenvalue weighted by Crippen LogP contribution is -2.18. The summed E-state index contributed by atoms with van der Waals surface area (Å²) in [6.45, 7) is 5.92. The van der Waals surface area contributed by atoms with Gasteiger partial charge in [-0.1, -0.05) is 44.0 Å². The predicted octanol–water partition coefficient (Wildman–Crippen LogP) is 4.16. The van der Waals surface area contributed by atoms with Crippen molar-refractivity contribution in [1.29, 1.82) is 0 Å². The lowest BCUT2D eigenvalue weighted by atomic mass is 9.95. The second-order valence-electron chi connectivity index (χ2n) is 6.52. The van der Waals surface area contributed by atoms with Crippen molar-refractivity contribution in [2.75, 3.05) is 6.61 Å². The molecule has 1 aromatic carbocycles. The zero-order valence-electron chi connectivity index (χ0n) is 13.9. The Bertz CT molecular complexity index is 457. The summed E-state index contributed by atoms with van der Waals surface area (Å²) in [5.74, 6) is 1.21. The molecule has 0 unspecified atom stereocenters. The minimum atomic E-state index is -0.583. The molecule has 1 atom stereocenters. The molecule has 0 saturated carbocycles. The van der Waals surface area contributed by atoms with Crippen LogP contribution in [0.3, 0.4) is 0 Å². The fourth-order valence-corrected chi connectivity index (χ4v) is 2.15. The first-order valence-corrected chi connectivity index (χ1v) is 7.96. The van der Waals surface area contributed by atoms with E-state index in [1.807, 2.05) is 50.3 Å². The molecule has 0 aliphatic rings. The van der Waals surface area contributed by atoms with Crippen LogP contribution in [0.4, 0.5) is 0 Å². The highest BCUT2D eigenvalue weighted by Crippen LogP contribution is 2.18. The normalized spacial score (nSPS) is 13.3. The summed E-state index contributed by atoms with van der Waals surface area (Å²) in [7, 11) is 0. The molecule has 22 heavy (non-hydrogen) atoms. The SMILES string of the molecule is C[C@@H](C/C=C/C(=O)COc1ccccc1)CCCC(C)(C)O. The van der Waals surface area contributed by atoms with Gasteiger partial charge in [0.05, 0.1) is 5.60 Å². The van der Waals surface area contributed by atoms with Crippen LogP contribution in [0.5, 0.6) is 5.75 Å². The van der Waals surface area contributed by atoms with Gasteiger partial charge in [-0.15, -0.1) is 0 Å². The maximum absolute atomic E-state index is 11.7. The molecule has 0 amide bonds. The van der Waals surface area contributed by atoms with E-state index in [0.717, 1.165) is 25.7 Å². The molecule has 0 heterocycles. The summed E-state index contributed by atoms with van der Waals surface area (Å²) in [4.78, 5) is 11.7. The van der Waals surface area contributed by atoms with Crippen LogP contribution in [0.15, 0.2) is 42.5 Å². The number of carbonyl (C=O) groups is 1. The minimum absolute atomic E-state index is 0.0208. The van der Waals surface area contributed by atoms with Gasteiger partial charge in [0.1, 0.15) is 5.75 Å². The Morgan fingerprint density at radius 3 is 2.64 bits per heavy atom. The van der Waals surface area contributed by atoms with E-state index in [-0.39, 0.29) is 12.4 Å². The largest absolute Gasteiger partial charge is 0.485 e. The number of hydrogen-bond acceptors (Lipinski definition) is 3. The van der Waals surface area contributed by atoms with Crippen LogP contribution in [-0.4, -0.2) is 23.1 Å². The van der Waals surface area contributed by atoms with E-state index < -0.39 is 5.60 Å². The van der Waals surface area contributed by atoms with E-state index in [4.69, 9.17) is 4.74 Å². The van der Waals surface area contributed by atoms with Crippen molar-refractivity contribution < 1.29 is 14.6 Å². The third kappa shape index (κ3) is 9.35. The monoisotopic (exact) mass is 304 g/mol. The van der Waals surface area contributed by atoms with Gasteiger partial charge >= 0.3 is 0 Å². The molecule has 3 heteroatoms. The summed E-state index contributed by atoms with van der Waals surface area (Å²) in [5, 5.41) is 9.66. The molecule has 0 saturated heterocycles. The van der Waals surface area contributed by atoms with Crippen molar-refractivity contribution in [3.63, 3.8) is 0 Å². The first-order valence-electron chi connectivity index (χ1n) is 7.96. The maximum Gasteiger partial charge on any atom is 0.192 e. The average Bonchev–Trinajstić information content (AvgIpc) is 2.45. The molecule has 0 aromatic heterocycles. The third-order valence-electron chi connectivity index (χ3n) is 3.45. The molecule has 0 aliphatic heterocycles. The van der Waals surface area contributed by atoms with Gasteiger partial charge in [0.2, 0.25) is 0 Å². The summed E-state index contributed by atoms with van der Waals surface area (Å²) >= 11 is 0. The lowest BCUT2D eigenvalue weighted by Gasteiger charge is -2.17. The second kappa shape index (κ2) is 9.42. The molecular formula is C19H28O3. The first kappa shape index (κ1) is 18.4. The van der Waals surface area contributed by atoms with E-state index in [1.165, 1.54) is 0 Å². The fraction of sp³-hybridized carbons (Fsp3) is 0.526. The predicted molar refractivity (Wildman–Crippen MR) is 90.0 cm³/mol. The number of allylic oxidation sites excluding steroid dienone is 1. The number of ether oxygens (including phenoxy) is 1. The van der Waals surface area contributed by atoms with E-state index in [2.05, 4.69) is 6.92 Å². The molecule has 1 N–H and O–H groups in total. The molecule has 3 nitrogen and oxygen atoms in total. The van der Waals surface area contributed by atoms with E-state index in [0.29, 0.717) is 11.7 Å². The van der Waals surface area contributed by atoms with Gasteiger partial charge in [-0.3, -0.25) is 4.79 Å². The Hall–Kier alpha value is -1.61. The summed E-state index contributed by atoms with van der Waals surface area (Å²) in [6, 6.07) is 9.34. The van der Waals surface area contributed by atoms with Gasteiger partial charge in [0.25, 0.3) is 0 Å². The first-order chi connectivity index (χ1) is 10.4. The van der Waals surface area contributed by atoms with Crippen molar-refractivity contribution in [1.82, 2.24) is 0 Å². The van der Waals surface area contributed by atoms with Crippen molar-refractivity contribution in [2.24, 2.45) is 5.92 Å². The fourth-order valence-electron chi connectivity index (χ4n) is 2.15. The molecule has 1 aromatic rings. The molecule has 0 fully saturated rings. The van der Waals surface area contributed by atoms with Crippen molar-refractivity contribution in [3.05, 3.63) is 42.5 Å².